The molecule has 1 saturated heterocycles. The van der Waals surface area contributed by atoms with Crippen LogP contribution in [-0.4, -0.2) is 52.2 Å². The molecule has 0 saturated carbocycles. The van der Waals surface area contributed by atoms with E-state index in [0.717, 1.165) is 18.8 Å². The predicted octanol–water partition coefficient (Wildman–Crippen LogP) is 1.86. The van der Waals surface area contributed by atoms with Crippen LogP contribution in [0.1, 0.15) is 27.7 Å². The molecule has 116 valence electrons. The number of hydrogen-bond acceptors (Lipinski definition) is 3. The third-order valence-corrected chi connectivity index (χ3v) is 4.36. The zero-order chi connectivity index (χ0) is 15.7. The second kappa shape index (κ2) is 5.93. The van der Waals surface area contributed by atoms with Crippen molar-refractivity contribution in [2.24, 2.45) is 7.05 Å². The third-order valence-electron chi connectivity index (χ3n) is 4.36. The Morgan fingerprint density at radius 1 is 1.18 bits per heavy atom. The molecule has 5 heteroatoms. The Morgan fingerprint density at radius 2 is 1.91 bits per heavy atom. The highest BCUT2D eigenvalue weighted by atomic mass is 16.2. The van der Waals surface area contributed by atoms with E-state index in [0.29, 0.717) is 12.1 Å². The lowest BCUT2D eigenvalue weighted by molar-refractivity contribution is 0.0545. The zero-order valence-corrected chi connectivity index (χ0v) is 13.4. The SMILES string of the molecule is Cc1nn(C)cc1C(=O)N1CCN(C)[C@H](c2ccccc2)C1. The summed E-state index contributed by atoms with van der Waals surface area (Å²) in [5.74, 6) is 0.0830. The van der Waals surface area contributed by atoms with Gasteiger partial charge in [-0.15, -0.1) is 0 Å². The van der Waals surface area contributed by atoms with Gasteiger partial charge >= 0.3 is 0 Å². The molecule has 1 atom stereocenters. The summed E-state index contributed by atoms with van der Waals surface area (Å²) < 4.78 is 1.70. The first-order valence-electron chi connectivity index (χ1n) is 7.61. The fourth-order valence-electron chi connectivity index (χ4n) is 3.07. The molecule has 5 nitrogen and oxygen atoms in total. The van der Waals surface area contributed by atoms with Crippen molar-refractivity contribution >= 4 is 5.91 Å². The Labute approximate surface area is 131 Å². The minimum atomic E-state index is 0.0830. The van der Waals surface area contributed by atoms with Gasteiger partial charge < -0.3 is 4.90 Å². The second-order valence-electron chi connectivity index (χ2n) is 5.96. The largest absolute Gasteiger partial charge is 0.335 e. The van der Waals surface area contributed by atoms with Gasteiger partial charge in [-0.2, -0.15) is 5.10 Å². The number of piperazine rings is 1. The molecule has 1 aliphatic rings. The molecule has 1 aromatic heterocycles. The van der Waals surface area contributed by atoms with Gasteiger partial charge in [-0.1, -0.05) is 30.3 Å². The number of aryl methyl sites for hydroxylation is 2. The van der Waals surface area contributed by atoms with Crippen molar-refractivity contribution < 1.29 is 4.79 Å². The van der Waals surface area contributed by atoms with Crippen molar-refractivity contribution in [2.75, 3.05) is 26.7 Å². The van der Waals surface area contributed by atoms with Gasteiger partial charge in [0.2, 0.25) is 0 Å². The molecular formula is C17H22N4O. The van der Waals surface area contributed by atoms with Crippen molar-refractivity contribution in [1.82, 2.24) is 19.6 Å². The van der Waals surface area contributed by atoms with Crippen LogP contribution in [0.25, 0.3) is 0 Å². The van der Waals surface area contributed by atoms with Gasteiger partial charge in [0, 0.05) is 32.9 Å². The van der Waals surface area contributed by atoms with Crippen LogP contribution in [0.4, 0.5) is 0 Å². The van der Waals surface area contributed by atoms with Gasteiger partial charge in [0.05, 0.1) is 17.3 Å². The Morgan fingerprint density at radius 3 is 2.55 bits per heavy atom. The zero-order valence-electron chi connectivity index (χ0n) is 13.4. The number of amides is 1. The van der Waals surface area contributed by atoms with Crippen molar-refractivity contribution in [1.29, 1.82) is 0 Å². The number of nitrogens with zero attached hydrogens (tertiary/aromatic N) is 4. The summed E-state index contributed by atoms with van der Waals surface area (Å²) in [5, 5.41) is 4.28. The lowest BCUT2D eigenvalue weighted by Crippen LogP contribution is -2.49. The summed E-state index contributed by atoms with van der Waals surface area (Å²) in [6.07, 6.45) is 1.81. The topological polar surface area (TPSA) is 41.4 Å². The highest BCUT2D eigenvalue weighted by molar-refractivity contribution is 5.95. The van der Waals surface area contributed by atoms with Gasteiger partial charge in [0.25, 0.3) is 5.91 Å². The maximum absolute atomic E-state index is 12.8. The van der Waals surface area contributed by atoms with Crippen LogP contribution in [0.5, 0.6) is 0 Å². The molecule has 0 aliphatic carbocycles. The lowest BCUT2D eigenvalue weighted by atomic mass is 10.0. The van der Waals surface area contributed by atoms with E-state index in [2.05, 4.69) is 41.3 Å². The molecule has 0 spiro atoms. The monoisotopic (exact) mass is 298 g/mol. The average molecular weight is 298 g/mol. The second-order valence-corrected chi connectivity index (χ2v) is 5.96. The first kappa shape index (κ1) is 14.8. The highest BCUT2D eigenvalue weighted by Crippen LogP contribution is 2.25. The maximum Gasteiger partial charge on any atom is 0.257 e. The number of likely N-dealkylation sites (N-methyl/N-ethyl adjacent to an activating group) is 1. The van der Waals surface area contributed by atoms with E-state index in [9.17, 15) is 4.79 Å². The molecule has 1 aliphatic heterocycles. The number of carbonyl (C=O) groups is 1. The summed E-state index contributed by atoms with van der Waals surface area (Å²) in [5.41, 5.74) is 2.76. The first-order valence-corrected chi connectivity index (χ1v) is 7.61. The molecule has 1 fully saturated rings. The maximum atomic E-state index is 12.8. The van der Waals surface area contributed by atoms with Crippen molar-refractivity contribution in [3.8, 4) is 0 Å². The van der Waals surface area contributed by atoms with Crippen LogP contribution in [-0.2, 0) is 7.05 Å². The first-order chi connectivity index (χ1) is 10.6. The number of rotatable bonds is 2. The van der Waals surface area contributed by atoms with E-state index in [-0.39, 0.29) is 11.9 Å². The average Bonchev–Trinajstić information content (AvgIpc) is 2.86. The number of carbonyl (C=O) groups excluding carboxylic acids is 1. The summed E-state index contributed by atoms with van der Waals surface area (Å²) in [6, 6.07) is 10.6. The summed E-state index contributed by atoms with van der Waals surface area (Å²) in [7, 11) is 3.97. The van der Waals surface area contributed by atoms with Crippen molar-refractivity contribution in [3.63, 3.8) is 0 Å². The molecule has 2 aromatic rings. The summed E-state index contributed by atoms with van der Waals surface area (Å²) in [4.78, 5) is 17.0. The molecule has 1 amide bonds. The van der Waals surface area contributed by atoms with Crippen molar-refractivity contribution in [3.05, 3.63) is 53.3 Å². The van der Waals surface area contributed by atoms with Crippen LogP contribution >= 0.6 is 0 Å². The molecule has 0 N–H and O–H groups in total. The van der Waals surface area contributed by atoms with E-state index < -0.39 is 0 Å². The van der Waals surface area contributed by atoms with Gasteiger partial charge in [0.1, 0.15) is 0 Å². The van der Waals surface area contributed by atoms with Crippen LogP contribution in [0.2, 0.25) is 0 Å². The van der Waals surface area contributed by atoms with Crippen LogP contribution in [0.3, 0.4) is 0 Å². The third kappa shape index (κ3) is 2.76. The summed E-state index contributed by atoms with van der Waals surface area (Å²) >= 11 is 0. The van der Waals surface area contributed by atoms with Crippen LogP contribution in [0, 0.1) is 6.92 Å². The van der Waals surface area contributed by atoms with E-state index >= 15 is 0 Å². The molecule has 0 bridgehead atoms. The molecule has 2 heterocycles. The molecule has 3 rings (SSSR count). The Kier molecular flexibility index (Phi) is 3.98. The number of aromatic nitrogens is 2. The van der Waals surface area contributed by atoms with Crippen LogP contribution < -0.4 is 0 Å². The number of benzene rings is 1. The van der Waals surface area contributed by atoms with Gasteiger partial charge in [0.15, 0.2) is 0 Å². The van der Waals surface area contributed by atoms with E-state index in [4.69, 9.17) is 0 Å². The van der Waals surface area contributed by atoms with Gasteiger partial charge in [-0.05, 0) is 19.5 Å². The van der Waals surface area contributed by atoms with E-state index in [1.165, 1.54) is 5.56 Å². The van der Waals surface area contributed by atoms with E-state index in [1.54, 1.807) is 4.68 Å². The Bertz CT molecular complexity index is 665. The van der Waals surface area contributed by atoms with Gasteiger partial charge in [-0.3, -0.25) is 14.4 Å². The lowest BCUT2D eigenvalue weighted by Gasteiger charge is -2.39. The Balaban J connectivity index is 1.81. The highest BCUT2D eigenvalue weighted by Gasteiger charge is 2.30. The molecular weight excluding hydrogens is 276 g/mol. The Hall–Kier alpha value is -2.14. The fraction of sp³-hybridized carbons (Fsp3) is 0.412. The quantitative estimate of drug-likeness (QED) is 0.850. The molecule has 0 radical (unpaired) electrons. The smallest absolute Gasteiger partial charge is 0.257 e. The van der Waals surface area contributed by atoms with Crippen LogP contribution in [0.15, 0.2) is 36.5 Å². The number of hydrogen-bond donors (Lipinski definition) is 0. The molecule has 22 heavy (non-hydrogen) atoms. The fourth-order valence-corrected chi connectivity index (χ4v) is 3.07. The molecule has 1 aromatic carbocycles. The molecule has 0 unspecified atom stereocenters. The van der Waals surface area contributed by atoms with Gasteiger partial charge in [-0.25, -0.2) is 0 Å². The van der Waals surface area contributed by atoms with Crippen molar-refractivity contribution in [2.45, 2.75) is 13.0 Å². The normalized spacial score (nSPS) is 19.4. The predicted molar refractivity (Wildman–Crippen MR) is 85.7 cm³/mol. The summed E-state index contributed by atoms with van der Waals surface area (Å²) in [6.45, 7) is 4.24. The van der Waals surface area contributed by atoms with E-state index in [1.807, 2.05) is 31.1 Å². The minimum Gasteiger partial charge on any atom is -0.335 e. The standard InChI is InChI=1S/C17H22N4O/c1-13-15(11-20(3)18-13)17(22)21-10-9-19(2)16(12-21)14-7-5-4-6-8-14/h4-8,11,16H,9-10,12H2,1-3H3/t16-/m0/s1. The minimum absolute atomic E-state index is 0.0830.